The topological polar surface area (TPSA) is 47.0 Å². The third-order valence-electron chi connectivity index (χ3n) is 2.67. The summed E-state index contributed by atoms with van der Waals surface area (Å²) in [6, 6.07) is 0.621. The highest BCUT2D eigenvalue weighted by Crippen LogP contribution is 2.10. The molecule has 0 aromatic carbocycles. The molecule has 1 aliphatic rings. The lowest BCUT2D eigenvalue weighted by atomic mass is 10.0. The number of hydrogen-bond donors (Lipinski definition) is 1. The van der Waals surface area contributed by atoms with Gasteiger partial charge in [0.2, 0.25) is 5.88 Å². The summed E-state index contributed by atoms with van der Waals surface area (Å²) in [7, 11) is 0. The van der Waals surface area contributed by atoms with Crippen molar-refractivity contribution in [3.8, 4) is 5.88 Å². The first kappa shape index (κ1) is 10.4. The molecule has 0 saturated carbocycles. The van der Waals surface area contributed by atoms with Gasteiger partial charge in [-0.15, -0.1) is 0 Å². The second kappa shape index (κ2) is 5.66. The predicted octanol–water partition coefficient (Wildman–Crippen LogP) is 1.39. The minimum Gasteiger partial charge on any atom is -0.477 e. The van der Waals surface area contributed by atoms with Crippen molar-refractivity contribution in [2.75, 3.05) is 13.2 Å². The molecular formula is C11H17N3O. The first-order chi connectivity index (χ1) is 7.45. The maximum absolute atomic E-state index is 5.50. The van der Waals surface area contributed by atoms with Crippen LogP contribution in [-0.2, 0) is 0 Å². The van der Waals surface area contributed by atoms with Crippen LogP contribution in [0.2, 0.25) is 0 Å². The lowest BCUT2D eigenvalue weighted by Gasteiger charge is -2.23. The van der Waals surface area contributed by atoms with Gasteiger partial charge in [-0.3, -0.25) is 4.98 Å². The van der Waals surface area contributed by atoms with Crippen molar-refractivity contribution in [3.05, 3.63) is 18.6 Å². The summed E-state index contributed by atoms with van der Waals surface area (Å²) in [4.78, 5) is 8.00. The van der Waals surface area contributed by atoms with Gasteiger partial charge in [0.25, 0.3) is 0 Å². The number of nitrogens with one attached hydrogen (secondary N) is 1. The molecule has 0 unspecified atom stereocenters. The Morgan fingerprint density at radius 3 is 3.13 bits per heavy atom. The van der Waals surface area contributed by atoms with Crippen LogP contribution in [0.5, 0.6) is 5.88 Å². The van der Waals surface area contributed by atoms with E-state index < -0.39 is 0 Å². The number of rotatable bonds is 4. The molecule has 82 valence electrons. The summed E-state index contributed by atoms with van der Waals surface area (Å²) >= 11 is 0. The van der Waals surface area contributed by atoms with Crippen molar-refractivity contribution < 1.29 is 4.74 Å². The smallest absolute Gasteiger partial charge is 0.232 e. The lowest BCUT2D eigenvalue weighted by Crippen LogP contribution is -2.35. The van der Waals surface area contributed by atoms with Crippen LogP contribution in [0.1, 0.15) is 25.7 Å². The highest BCUT2D eigenvalue weighted by atomic mass is 16.5. The quantitative estimate of drug-likeness (QED) is 0.810. The van der Waals surface area contributed by atoms with Crippen molar-refractivity contribution in [1.82, 2.24) is 15.3 Å². The van der Waals surface area contributed by atoms with E-state index in [1.165, 1.54) is 19.3 Å². The second-order valence-corrected chi connectivity index (χ2v) is 3.83. The molecule has 2 heterocycles. The third-order valence-corrected chi connectivity index (χ3v) is 2.67. The lowest BCUT2D eigenvalue weighted by molar-refractivity contribution is 0.260. The highest BCUT2D eigenvalue weighted by molar-refractivity contribution is 5.00. The zero-order chi connectivity index (χ0) is 10.3. The molecule has 0 bridgehead atoms. The minimum atomic E-state index is 0.619. The molecule has 0 amide bonds. The molecule has 2 rings (SSSR count). The Kier molecular flexibility index (Phi) is 3.91. The number of hydrogen-bond acceptors (Lipinski definition) is 4. The monoisotopic (exact) mass is 207 g/mol. The second-order valence-electron chi connectivity index (χ2n) is 3.83. The van der Waals surface area contributed by atoms with Gasteiger partial charge < -0.3 is 10.1 Å². The van der Waals surface area contributed by atoms with E-state index in [0.717, 1.165) is 19.6 Å². The van der Waals surface area contributed by atoms with Crippen LogP contribution >= 0.6 is 0 Å². The zero-order valence-electron chi connectivity index (χ0n) is 8.85. The first-order valence-corrected chi connectivity index (χ1v) is 5.57. The fraction of sp³-hybridized carbons (Fsp3) is 0.636. The molecule has 1 N–H and O–H groups in total. The van der Waals surface area contributed by atoms with Crippen LogP contribution in [0, 0.1) is 0 Å². The summed E-state index contributed by atoms with van der Waals surface area (Å²) < 4.78 is 5.50. The maximum atomic E-state index is 5.50. The van der Waals surface area contributed by atoms with E-state index in [4.69, 9.17) is 4.74 Å². The zero-order valence-corrected chi connectivity index (χ0v) is 8.85. The van der Waals surface area contributed by atoms with Gasteiger partial charge >= 0.3 is 0 Å². The van der Waals surface area contributed by atoms with Crippen molar-refractivity contribution in [2.45, 2.75) is 31.7 Å². The Labute approximate surface area is 90.1 Å². The van der Waals surface area contributed by atoms with Gasteiger partial charge in [-0.1, -0.05) is 6.42 Å². The van der Waals surface area contributed by atoms with Crippen molar-refractivity contribution in [1.29, 1.82) is 0 Å². The summed E-state index contributed by atoms with van der Waals surface area (Å²) in [6.07, 6.45) is 9.91. The molecule has 15 heavy (non-hydrogen) atoms. The van der Waals surface area contributed by atoms with Gasteiger partial charge in [0.05, 0.1) is 12.8 Å². The molecule has 1 saturated heterocycles. The van der Waals surface area contributed by atoms with E-state index >= 15 is 0 Å². The van der Waals surface area contributed by atoms with E-state index in [0.29, 0.717) is 11.9 Å². The molecule has 1 aliphatic heterocycles. The molecule has 4 heteroatoms. The Morgan fingerprint density at radius 2 is 2.40 bits per heavy atom. The van der Waals surface area contributed by atoms with Crippen LogP contribution in [0.15, 0.2) is 18.6 Å². The molecule has 0 spiro atoms. The molecular weight excluding hydrogens is 190 g/mol. The van der Waals surface area contributed by atoms with Gasteiger partial charge in [0.15, 0.2) is 0 Å². The molecule has 0 aliphatic carbocycles. The van der Waals surface area contributed by atoms with Gasteiger partial charge in [-0.05, 0) is 25.8 Å². The number of nitrogens with zero attached hydrogens (tertiary/aromatic N) is 2. The van der Waals surface area contributed by atoms with E-state index in [9.17, 15) is 0 Å². The fourth-order valence-electron chi connectivity index (χ4n) is 1.84. The molecule has 0 radical (unpaired) electrons. The van der Waals surface area contributed by atoms with Crippen LogP contribution in [0.4, 0.5) is 0 Å². The van der Waals surface area contributed by atoms with Crippen molar-refractivity contribution in [2.24, 2.45) is 0 Å². The van der Waals surface area contributed by atoms with Gasteiger partial charge in [-0.25, -0.2) is 4.98 Å². The minimum absolute atomic E-state index is 0.619. The van der Waals surface area contributed by atoms with Gasteiger partial charge in [0.1, 0.15) is 0 Å². The van der Waals surface area contributed by atoms with Crippen LogP contribution < -0.4 is 10.1 Å². The molecule has 1 aromatic rings. The number of aromatic nitrogens is 2. The van der Waals surface area contributed by atoms with E-state index in [1.54, 1.807) is 18.6 Å². The Hall–Kier alpha value is -1.16. The predicted molar refractivity (Wildman–Crippen MR) is 57.8 cm³/mol. The average Bonchev–Trinajstić information content (AvgIpc) is 2.32. The normalized spacial score (nSPS) is 21.2. The van der Waals surface area contributed by atoms with Crippen LogP contribution in [0.25, 0.3) is 0 Å². The number of piperidine rings is 1. The third kappa shape index (κ3) is 3.47. The van der Waals surface area contributed by atoms with Gasteiger partial charge in [-0.2, -0.15) is 0 Å². The van der Waals surface area contributed by atoms with Crippen molar-refractivity contribution in [3.63, 3.8) is 0 Å². The molecule has 1 aromatic heterocycles. The number of ether oxygens (including phenoxy) is 1. The fourth-order valence-corrected chi connectivity index (χ4v) is 1.84. The van der Waals surface area contributed by atoms with E-state index in [2.05, 4.69) is 15.3 Å². The summed E-state index contributed by atoms with van der Waals surface area (Å²) in [5, 5.41) is 3.49. The Balaban J connectivity index is 1.66. The average molecular weight is 207 g/mol. The van der Waals surface area contributed by atoms with Gasteiger partial charge in [0, 0.05) is 18.4 Å². The van der Waals surface area contributed by atoms with Crippen LogP contribution in [-0.4, -0.2) is 29.2 Å². The highest BCUT2D eigenvalue weighted by Gasteiger charge is 2.11. The molecule has 4 nitrogen and oxygen atoms in total. The van der Waals surface area contributed by atoms with E-state index in [1.807, 2.05) is 0 Å². The SMILES string of the molecule is c1cnc(OCC[C@@H]2CCCCN2)cn1. The summed E-state index contributed by atoms with van der Waals surface area (Å²) in [6.45, 7) is 1.87. The standard InChI is InChI=1S/C11H17N3O/c1-2-5-13-10(3-1)4-8-15-11-9-12-6-7-14-11/h6-7,9-10,13H,1-5,8H2/t10-/m0/s1. The first-order valence-electron chi connectivity index (χ1n) is 5.57. The molecule has 1 fully saturated rings. The molecule has 1 atom stereocenters. The van der Waals surface area contributed by atoms with Crippen LogP contribution in [0.3, 0.4) is 0 Å². The summed E-state index contributed by atoms with van der Waals surface area (Å²) in [5.74, 6) is 0.619. The summed E-state index contributed by atoms with van der Waals surface area (Å²) in [5.41, 5.74) is 0. The largest absolute Gasteiger partial charge is 0.477 e. The Bertz CT molecular complexity index is 272. The van der Waals surface area contributed by atoms with E-state index in [-0.39, 0.29) is 0 Å². The van der Waals surface area contributed by atoms with Crippen molar-refractivity contribution >= 4 is 0 Å². The Morgan fingerprint density at radius 1 is 1.40 bits per heavy atom. The maximum Gasteiger partial charge on any atom is 0.232 e.